The number of nitrogens with one attached hydrogen (secondary N) is 3. The lowest BCUT2D eigenvalue weighted by Gasteiger charge is -2.43. The summed E-state index contributed by atoms with van der Waals surface area (Å²) in [5.74, 6) is -1.45. The number of likely N-dealkylation sites (tertiary alicyclic amines) is 1. The predicted molar refractivity (Wildman–Crippen MR) is 298 cm³/mol. The van der Waals surface area contributed by atoms with Gasteiger partial charge in [0.05, 0.1) is 42.7 Å². The second kappa shape index (κ2) is 31.4. The topological polar surface area (TPSA) is 198 Å². The number of ether oxygens (including phenoxy) is 3. The van der Waals surface area contributed by atoms with Crippen molar-refractivity contribution in [2.45, 2.75) is 155 Å². The molecule has 5 amide bonds. The molecule has 3 aromatic carbocycles. The van der Waals surface area contributed by atoms with Crippen LogP contribution in [0, 0.1) is 23.7 Å². The number of imide groups is 1. The maximum absolute atomic E-state index is 14.7. The summed E-state index contributed by atoms with van der Waals surface area (Å²) in [5.41, 5.74) is 2.68. The smallest absolute Gasteiger partial charge is 0.407 e. The minimum Gasteiger partial charge on any atom is -0.445 e. The number of amides is 5. The molecule has 0 bridgehead atoms. The highest BCUT2D eigenvalue weighted by Gasteiger charge is 2.44. The highest BCUT2D eigenvalue weighted by atomic mass is 16.5. The Kier molecular flexibility index (Phi) is 25.2. The Bertz CT molecular complexity index is 2410. The van der Waals surface area contributed by atoms with Gasteiger partial charge in [0, 0.05) is 45.3 Å². The van der Waals surface area contributed by atoms with Crippen molar-refractivity contribution in [2.75, 3.05) is 47.9 Å². The molecule has 1 aliphatic rings. The molecular formula is C60H88N8O9. The lowest BCUT2D eigenvalue weighted by Crippen LogP contribution is -2.60. The van der Waals surface area contributed by atoms with E-state index in [0.717, 1.165) is 55.2 Å². The Morgan fingerprint density at radius 1 is 0.753 bits per heavy atom. The minimum absolute atomic E-state index is 0.00226. The Hall–Kier alpha value is -6.01. The van der Waals surface area contributed by atoms with Gasteiger partial charge in [-0.05, 0) is 87.3 Å². The average molecular weight is 1070 g/mol. The van der Waals surface area contributed by atoms with Gasteiger partial charge < -0.3 is 34.2 Å². The maximum Gasteiger partial charge on any atom is 0.407 e. The fraction of sp³-hybridized carbons (Fsp3) is 0.583. The van der Waals surface area contributed by atoms with Crippen molar-refractivity contribution in [3.8, 4) is 11.5 Å². The van der Waals surface area contributed by atoms with E-state index in [2.05, 4.69) is 40.0 Å². The van der Waals surface area contributed by atoms with E-state index in [0.29, 0.717) is 38.4 Å². The Morgan fingerprint density at radius 3 is 1.97 bits per heavy atom. The highest BCUT2D eigenvalue weighted by Crippen LogP contribution is 2.32. The summed E-state index contributed by atoms with van der Waals surface area (Å²) in [5, 5.41) is 17.5. The van der Waals surface area contributed by atoms with Crippen LogP contribution < -0.4 is 16.0 Å². The van der Waals surface area contributed by atoms with Gasteiger partial charge in [-0.25, -0.2) is 4.79 Å². The summed E-state index contributed by atoms with van der Waals surface area (Å²) in [7, 11) is 6.98. The lowest BCUT2D eigenvalue weighted by atomic mass is 9.87. The van der Waals surface area contributed by atoms with Crippen LogP contribution in [-0.2, 0) is 46.4 Å². The van der Waals surface area contributed by atoms with Crippen LogP contribution in [0.5, 0.6) is 0 Å². The fourth-order valence-electron chi connectivity index (χ4n) is 11.0. The molecule has 9 atom stereocenters. The average Bonchev–Trinajstić information content (AvgIpc) is 4.12. The van der Waals surface area contributed by atoms with Gasteiger partial charge in [0.2, 0.25) is 35.4 Å². The van der Waals surface area contributed by atoms with Gasteiger partial charge in [0.1, 0.15) is 12.6 Å². The van der Waals surface area contributed by atoms with E-state index in [4.69, 9.17) is 18.6 Å². The summed E-state index contributed by atoms with van der Waals surface area (Å²) in [6.45, 7) is 15.8. The first-order valence-corrected chi connectivity index (χ1v) is 27.8. The molecule has 1 aromatic heterocycles. The number of unbranched alkanes of at least 4 members (excludes halogenated alkanes) is 3. The van der Waals surface area contributed by atoms with Gasteiger partial charge in [-0.1, -0.05) is 147 Å². The standard InChI is InChI=1S/C60H88N8O9/c1-12-42(6)53(67(9)52(41(4)5)57(72)63-56(71)51(40(2)3)66(8)35-25-14-13-24-34-61-60(73)76-39-45-29-20-16-21-30-45)49(74-10)38-50(69)68-36-26-33-48(68)54(75-11)43(7)55(70)62-47(37-44-27-18-15-19-28-44)59-65-64-58(77-59)46-31-22-17-23-32-46/h15-23,27-32,40-43,47-49,51-54H,12-14,24-26,33-39H2,1-11H3,(H,61,73)(H,62,70)(H,63,71,72)/t42-,43+,47-,48-,49+,51-,52-,53-,54+/m0/s1. The molecule has 77 heavy (non-hydrogen) atoms. The van der Waals surface area contributed by atoms with Crippen molar-refractivity contribution in [2.24, 2.45) is 23.7 Å². The zero-order chi connectivity index (χ0) is 56.0. The van der Waals surface area contributed by atoms with Crippen LogP contribution in [0.1, 0.15) is 123 Å². The molecule has 422 valence electrons. The molecule has 0 aliphatic carbocycles. The van der Waals surface area contributed by atoms with Gasteiger partial charge in [0.25, 0.3) is 0 Å². The van der Waals surface area contributed by atoms with Crippen LogP contribution >= 0.6 is 0 Å². The summed E-state index contributed by atoms with van der Waals surface area (Å²) < 4.78 is 23.8. The normalized spacial score (nSPS) is 16.9. The molecule has 3 N–H and O–H groups in total. The largest absolute Gasteiger partial charge is 0.445 e. The molecule has 2 heterocycles. The van der Waals surface area contributed by atoms with Crippen LogP contribution in [0.3, 0.4) is 0 Å². The van der Waals surface area contributed by atoms with Crippen molar-refractivity contribution in [3.63, 3.8) is 0 Å². The number of carbonyl (C=O) groups is 5. The van der Waals surface area contributed by atoms with Gasteiger partial charge in [-0.2, -0.15) is 0 Å². The van der Waals surface area contributed by atoms with Crippen LogP contribution in [0.25, 0.3) is 11.5 Å². The van der Waals surface area contributed by atoms with Crippen molar-refractivity contribution < 1.29 is 42.6 Å². The number of aromatic nitrogens is 2. The molecule has 0 saturated carbocycles. The zero-order valence-electron chi connectivity index (χ0n) is 47.6. The molecule has 1 fully saturated rings. The first-order chi connectivity index (χ1) is 37.0. The third-order valence-corrected chi connectivity index (χ3v) is 15.2. The molecule has 0 radical (unpaired) electrons. The van der Waals surface area contributed by atoms with Gasteiger partial charge in [0.15, 0.2) is 0 Å². The number of rotatable bonds is 31. The third kappa shape index (κ3) is 18.0. The van der Waals surface area contributed by atoms with Crippen molar-refractivity contribution >= 4 is 29.7 Å². The zero-order valence-corrected chi connectivity index (χ0v) is 47.6. The summed E-state index contributed by atoms with van der Waals surface area (Å²) in [6, 6.07) is 26.2. The predicted octanol–water partition coefficient (Wildman–Crippen LogP) is 8.64. The van der Waals surface area contributed by atoms with E-state index in [1.165, 1.54) is 0 Å². The van der Waals surface area contributed by atoms with E-state index >= 15 is 0 Å². The number of nitrogens with zero attached hydrogens (tertiary/aromatic N) is 5. The van der Waals surface area contributed by atoms with Gasteiger partial charge in [-0.15, -0.1) is 10.2 Å². The Balaban J connectivity index is 1.19. The fourth-order valence-corrected chi connectivity index (χ4v) is 11.0. The number of alkyl carbamates (subject to hydrolysis) is 1. The molecule has 0 unspecified atom stereocenters. The maximum atomic E-state index is 14.7. The van der Waals surface area contributed by atoms with Crippen LogP contribution in [0.15, 0.2) is 95.4 Å². The summed E-state index contributed by atoms with van der Waals surface area (Å²) in [4.78, 5) is 75.5. The first kappa shape index (κ1) is 61.8. The molecule has 17 nitrogen and oxygen atoms in total. The van der Waals surface area contributed by atoms with E-state index in [9.17, 15) is 24.0 Å². The van der Waals surface area contributed by atoms with Crippen molar-refractivity contribution in [1.82, 2.24) is 40.8 Å². The number of likely N-dealkylation sites (N-methyl/N-ethyl adjacent to an activating group) is 2. The molecule has 17 heteroatoms. The molecule has 1 aliphatic heterocycles. The number of hydrogen-bond donors (Lipinski definition) is 3. The molecule has 4 aromatic rings. The first-order valence-electron chi connectivity index (χ1n) is 27.8. The number of hydrogen-bond acceptors (Lipinski definition) is 13. The van der Waals surface area contributed by atoms with E-state index < -0.39 is 48.3 Å². The van der Waals surface area contributed by atoms with Crippen molar-refractivity contribution in [3.05, 3.63) is 108 Å². The van der Waals surface area contributed by atoms with Crippen molar-refractivity contribution in [1.29, 1.82) is 0 Å². The second-order valence-electron chi connectivity index (χ2n) is 21.5. The molecule has 1 saturated heterocycles. The monoisotopic (exact) mass is 1060 g/mol. The molecular weight excluding hydrogens is 977 g/mol. The summed E-state index contributed by atoms with van der Waals surface area (Å²) in [6.07, 6.45) is 4.37. The quantitative estimate of drug-likeness (QED) is 0.0406. The Morgan fingerprint density at radius 2 is 1.36 bits per heavy atom. The Labute approximate surface area is 457 Å². The van der Waals surface area contributed by atoms with E-state index in [1.807, 2.05) is 154 Å². The minimum atomic E-state index is -0.715. The number of benzene rings is 3. The van der Waals surface area contributed by atoms with Gasteiger partial charge in [-0.3, -0.25) is 34.3 Å². The SMILES string of the molecule is CC[C@H](C)[C@@H]([C@@H](CC(=O)N1CCC[C@H]1[C@H](OC)[C@@H](C)C(=O)N[C@@H](Cc1ccccc1)c1nnc(-c2ccccc2)o1)OC)N(C)[C@H](C(=O)NC(=O)[C@H](C(C)C)N(C)CCCCCCNC(=O)OCc1ccccc1)C(C)C. The number of methoxy groups -OCH3 is 2. The lowest BCUT2D eigenvalue weighted by molar-refractivity contribution is -0.144. The van der Waals surface area contributed by atoms with Gasteiger partial charge >= 0.3 is 6.09 Å². The summed E-state index contributed by atoms with van der Waals surface area (Å²) >= 11 is 0. The van der Waals surface area contributed by atoms with Crippen LogP contribution in [-0.4, -0.2) is 139 Å². The van der Waals surface area contributed by atoms with E-state index in [-0.39, 0.29) is 66.5 Å². The number of carbonyl (C=O) groups excluding carboxylic acids is 5. The third-order valence-electron chi connectivity index (χ3n) is 15.2. The van der Waals surface area contributed by atoms with E-state index in [1.54, 1.807) is 14.2 Å². The highest BCUT2D eigenvalue weighted by molar-refractivity contribution is 6.00. The molecule has 5 rings (SSSR count). The van der Waals surface area contributed by atoms with Crippen LogP contribution in [0.4, 0.5) is 4.79 Å². The second-order valence-corrected chi connectivity index (χ2v) is 21.5. The van der Waals surface area contributed by atoms with Crippen LogP contribution in [0.2, 0.25) is 0 Å². The molecule has 0 spiro atoms.